The van der Waals surface area contributed by atoms with E-state index in [4.69, 9.17) is 4.42 Å². The van der Waals surface area contributed by atoms with Crippen LogP contribution in [0.3, 0.4) is 0 Å². The quantitative estimate of drug-likeness (QED) is 0.623. The summed E-state index contributed by atoms with van der Waals surface area (Å²) in [6, 6.07) is 13.4. The number of benzene rings is 2. The molecule has 1 aliphatic heterocycles. The zero-order valence-electron chi connectivity index (χ0n) is 14.4. The molecule has 8 nitrogen and oxygen atoms in total. The molecule has 1 aliphatic rings. The number of halogens is 1. The van der Waals surface area contributed by atoms with Crippen LogP contribution < -0.4 is 10.2 Å². The number of hydrogen-bond donors (Lipinski definition) is 1. The summed E-state index contributed by atoms with van der Waals surface area (Å²) < 4.78 is 6.39. The van der Waals surface area contributed by atoms with Crippen LogP contribution >= 0.6 is 15.9 Å². The summed E-state index contributed by atoms with van der Waals surface area (Å²) >= 11 is 3.35. The minimum atomic E-state index is -0.448. The van der Waals surface area contributed by atoms with Gasteiger partial charge in [0.2, 0.25) is 17.7 Å². The average Bonchev–Trinajstić information content (AvgIpc) is 3.29. The van der Waals surface area contributed by atoms with Gasteiger partial charge in [0.25, 0.3) is 5.91 Å². The van der Waals surface area contributed by atoms with Gasteiger partial charge < -0.3 is 4.42 Å². The molecule has 3 amide bonds. The van der Waals surface area contributed by atoms with E-state index in [0.717, 1.165) is 14.9 Å². The molecule has 2 aromatic carbocycles. The van der Waals surface area contributed by atoms with Gasteiger partial charge in [-0.05, 0) is 48.5 Å². The van der Waals surface area contributed by atoms with E-state index in [1.165, 1.54) is 12.1 Å². The highest BCUT2D eigenvalue weighted by Gasteiger charge is 2.30. The number of hydrogen-bond acceptors (Lipinski definition) is 6. The molecule has 4 rings (SSSR count). The number of nitrogens with one attached hydrogen (secondary N) is 1. The third-order valence-electron chi connectivity index (χ3n) is 4.18. The first-order valence-electron chi connectivity index (χ1n) is 8.38. The van der Waals surface area contributed by atoms with Crippen LogP contribution in [0, 0.1) is 0 Å². The van der Waals surface area contributed by atoms with Gasteiger partial charge in [0.1, 0.15) is 0 Å². The topological polar surface area (TPSA) is 105 Å². The van der Waals surface area contributed by atoms with Gasteiger partial charge in [-0.15, -0.1) is 5.10 Å². The average molecular weight is 441 g/mol. The number of amides is 3. The number of anilines is 2. The third kappa shape index (κ3) is 3.56. The molecule has 3 aromatic rings. The lowest BCUT2D eigenvalue weighted by atomic mass is 10.2. The number of rotatable bonds is 4. The Balaban J connectivity index is 1.46. The second kappa shape index (κ2) is 7.35. The minimum Gasteiger partial charge on any atom is -0.403 e. The molecule has 0 saturated carbocycles. The lowest BCUT2D eigenvalue weighted by molar-refractivity contribution is -0.121. The molecule has 9 heteroatoms. The number of nitrogens with zero attached hydrogens (tertiary/aromatic N) is 3. The first kappa shape index (κ1) is 18.1. The first-order valence-corrected chi connectivity index (χ1v) is 9.17. The Morgan fingerprint density at radius 3 is 2.25 bits per heavy atom. The van der Waals surface area contributed by atoms with E-state index in [9.17, 15) is 14.4 Å². The lowest BCUT2D eigenvalue weighted by Gasteiger charge is -2.13. The van der Waals surface area contributed by atoms with Gasteiger partial charge in [0.05, 0.1) is 5.69 Å². The van der Waals surface area contributed by atoms with Crippen molar-refractivity contribution < 1.29 is 18.8 Å². The van der Waals surface area contributed by atoms with E-state index in [1.807, 2.05) is 24.3 Å². The SMILES string of the molecule is O=C(Nc1nnc(-c2ccc(Br)cc2)o1)c1ccc(N2C(=O)CCC2=O)cc1. The summed E-state index contributed by atoms with van der Waals surface area (Å²) in [7, 11) is 0. The number of carbonyl (C=O) groups excluding carboxylic acids is 3. The maximum atomic E-state index is 12.4. The lowest BCUT2D eigenvalue weighted by Crippen LogP contribution is -2.28. The summed E-state index contributed by atoms with van der Waals surface area (Å²) in [4.78, 5) is 37.1. The second-order valence-corrected chi connectivity index (χ2v) is 6.96. The fourth-order valence-electron chi connectivity index (χ4n) is 2.78. The predicted molar refractivity (Wildman–Crippen MR) is 104 cm³/mol. The van der Waals surface area contributed by atoms with Gasteiger partial charge in [-0.25, -0.2) is 0 Å². The van der Waals surface area contributed by atoms with Crippen LogP contribution in [0.15, 0.2) is 57.4 Å². The standard InChI is InChI=1S/C19H13BrN4O4/c20-13-5-1-12(2-6-13)18-22-23-19(28-18)21-17(27)11-3-7-14(8-4-11)24-15(25)9-10-16(24)26/h1-8H,9-10H2,(H,21,23,27). The van der Waals surface area contributed by atoms with Crippen molar-refractivity contribution in [2.75, 3.05) is 10.2 Å². The molecule has 1 saturated heterocycles. The molecular formula is C19H13BrN4O4. The van der Waals surface area contributed by atoms with Gasteiger partial charge in [-0.2, -0.15) is 0 Å². The van der Waals surface area contributed by atoms with Crippen molar-refractivity contribution in [3.05, 3.63) is 58.6 Å². The fourth-order valence-corrected chi connectivity index (χ4v) is 3.04. The molecule has 0 unspecified atom stereocenters. The Kier molecular flexibility index (Phi) is 4.74. The maximum Gasteiger partial charge on any atom is 0.322 e. The molecular weight excluding hydrogens is 428 g/mol. The molecule has 0 spiro atoms. The van der Waals surface area contributed by atoms with Crippen molar-refractivity contribution in [3.8, 4) is 11.5 Å². The second-order valence-electron chi connectivity index (χ2n) is 6.04. The summed E-state index contributed by atoms with van der Waals surface area (Å²) in [5, 5.41) is 10.3. The molecule has 0 atom stereocenters. The summed E-state index contributed by atoms with van der Waals surface area (Å²) in [5.74, 6) is -0.650. The normalized spacial score (nSPS) is 13.8. The highest BCUT2D eigenvalue weighted by molar-refractivity contribution is 9.10. The molecule has 140 valence electrons. The predicted octanol–water partition coefficient (Wildman–Crippen LogP) is 3.40. The molecule has 1 aromatic heterocycles. The smallest absolute Gasteiger partial charge is 0.322 e. The van der Waals surface area contributed by atoms with E-state index >= 15 is 0 Å². The van der Waals surface area contributed by atoms with Crippen LogP contribution in [0.5, 0.6) is 0 Å². The van der Waals surface area contributed by atoms with E-state index in [1.54, 1.807) is 12.1 Å². The van der Waals surface area contributed by atoms with Gasteiger partial charge in [-0.3, -0.25) is 24.6 Å². The molecule has 2 heterocycles. The Bertz CT molecular complexity index is 1040. The summed E-state index contributed by atoms with van der Waals surface area (Å²) in [6.45, 7) is 0. The molecule has 1 fully saturated rings. The fraction of sp³-hybridized carbons (Fsp3) is 0.105. The van der Waals surface area contributed by atoms with Crippen molar-refractivity contribution in [2.24, 2.45) is 0 Å². The van der Waals surface area contributed by atoms with Crippen molar-refractivity contribution >= 4 is 45.4 Å². The molecule has 0 bridgehead atoms. The number of carbonyl (C=O) groups is 3. The van der Waals surface area contributed by atoms with Gasteiger partial charge >= 0.3 is 6.01 Å². The maximum absolute atomic E-state index is 12.4. The van der Waals surface area contributed by atoms with Crippen molar-refractivity contribution in [1.82, 2.24) is 10.2 Å². The largest absolute Gasteiger partial charge is 0.403 e. The van der Waals surface area contributed by atoms with Crippen LogP contribution in [-0.2, 0) is 9.59 Å². The monoisotopic (exact) mass is 440 g/mol. The first-order chi connectivity index (χ1) is 13.5. The van der Waals surface area contributed by atoms with Crippen molar-refractivity contribution in [3.63, 3.8) is 0 Å². The van der Waals surface area contributed by atoms with Crippen LogP contribution in [-0.4, -0.2) is 27.9 Å². The summed E-state index contributed by atoms with van der Waals surface area (Å²) in [5.41, 5.74) is 1.49. The molecule has 1 N–H and O–H groups in total. The van der Waals surface area contributed by atoms with E-state index < -0.39 is 5.91 Å². The van der Waals surface area contributed by atoms with E-state index in [0.29, 0.717) is 11.3 Å². The van der Waals surface area contributed by atoms with Gasteiger partial charge in [-0.1, -0.05) is 21.0 Å². The Hall–Kier alpha value is -3.33. The summed E-state index contributed by atoms with van der Waals surface area (Å²) in [6.07, 6.45) is 0.415. The highest BCUT2D eigenvalue weighted by Crippen LogP contribution is 2.24. The van der Waals surface area contributed by atoms with E-state index in [-0.39, 0.29) is 36.6 Å². The van der Waals surface area contributed by atoms with E-state index in [2.05, 4.69) is 31.4 Å². The molecule has 0 aliphatic carbocycles. The molecule has 0 radical (unpaired) electrons. The van der Waals surface area contributed by atoms with Crippen LogP contribution in [0.4, 0.5) is 11.7 Å². The van der Waals surface area contributed by atoms with Crippen molar-refractivity contribution in [1.29, 1.82) is 0 Å². The third-order valence-corrected chi connectivity index (χ3v) is 4.70. The Morgan fingerprint density at radius 2 is 1.61 bits per heavy atom. The van der Waals surface area contributed by atoms with Crippen molar-refractivity contribution in [2.45, 2.75) is 12.8 Å². The Morgan fingerprint density at radius 1 is 0.964 bits per heavy atom. The number of imide groups is 1. The van der Waals surface area contributed by atoms with Crippen LogP contribution in [0.1, 0.15) is 23.2 Å². The molecule has 28 heavy (non-hydrogen) atoms. The van der Waals surface area contributed by atoms with Crippen LogP contribution in [0.2, 0.25) is 0 Å². The zero-order chi connectivity index (χ0) is 19.7. The highest BCUT2D eigenvalue weighted by atomic mass is 79.9. The Labute approximate surface area is 167 Å². The van der Waals surface area contributed by atoms with Gasteiger partial charge in [0.15, 0.2) is 0 Å². The minimum absolute atomic E-state index is 0.0307. The van der Waals surface area contributed by atoms with Crippen LogP contribution in [0.25, 0.3) is 11.5 Å². The number of aromatic nitrogens is 2. The van der Waals surface area contributed by atoms with Gasteiger partial charge in [0, 0.05) is 28.4 Å². The zero-order valence-corrected chi connectivity index (χ0v) is 16.0.